The van der Waals surface area contributed by atoms with Gasteiger partial charge >= 0.3 is 0 Å². The van der Waals surface area contributed by atoms with Crippen molar-refractivity contribution in [2.45, 2.75) is 19.3 Å². The number of amides is 1. The van der Waals surface area contributed by atoms with E-state index in [1.165, 1.54) is 0 Å². The topological polar surface area (TPSA) is 20.3 Å². The normalized spacial score (nSPS) is 21.5. The van der Waals surface area contributed by atoms with Crippen LogP contribution in [0.15, 0.2) is 24.3 Å². The zero-order valence-corrected chi connectivity index (χ0v) is 7.33. The highest BCUT2D eigenvalue weighted by Gasteiger charge is 2.28. The largest absolute Gasteiger partial charge is 0.272 e. The molecule has 0 aromatic heterocycles. The second-order valence-electron chi connectivity index (χ2n) is 3.34. The zero-order valence-electron chi connectivity index (χ0n) is 7.33. The molecular weight excluding hydrogens is 169 g/mol. The van der Waals surface area contributed by atoms with Crippen molar-refractivity contribution in [1.29, 1.82) is 0 Å². The maximum Gasteiger partial charge on any atom is 0.255 e. The number of carbonyl (C=O) groups excluding carboxylic acids is 1. The summed E-state index contributed by atoms with van der Waals surface area (Å²) in [6.45, 7) is 1.93. The van der Waals surface area contributed by atoms with Gasteiger partial charge in [-0.2, -0.15) is 0 Å². The van der Waals surface area contributed by atoms with E-state index in [2.05, 4.69) is 0 Å². The third-order valence-corrected chi connectivity index (χ3v) is 2.38. The van der Waals surface area contributed by atoms with Gasteiger partial charge in [0.25, 0.3) is 5.91 Å². The highest BCUT2D eigenvalue weighted by Crippen LogP contribution is 2.35. The number of benzene rings is 1. The molecule has 0 saturated heterocycles. The number of para-hydroxylation sites is 1. The predicted octanol–water partition coefficient (Wildman–Crippen LogP) is 2.41. The van der Waals surface area contributed by atoms with E-state index in [9.17, 15) is 9.28 Å². The summed E-state index contributed by atoms with van der Waals surface area (Å²) in [5, 5.41) is 0.245. The Bertz CT molecular complexity index is 351. The fourth-order valence-electron chi connectivity index (χ4n) is 1.67. The van der Waals surface area contributed by atoms with E-state index in [1.54, 1.807) is 12.1 Å². The summed E-state index contributed by atoms with van der Waals surface area (Å²) in [5.74, 6) is -0.332. The van der Waals surface area contributed by atoms with Crippen molar-refractivity contribution < 1.29 is 9.28 Å². The monoisotopic (exact) mass is 179 g/mol. The van der Waals surface area contributed by atoms with Gasteiger partial charge in [-0.15, -0.1) is 5.12 Å². The summed E-state index contributed by atoms with van der Waals surface area (Å²) < 4.78 is 13.2. The molecule has 0 aliphatic carbocycles. The molecule has 1 atom stereocenters. The molecule has 1 heterocycles. The summed E-state index contributed by atoms with van der Waals surface area (Å²) in [6.07, 6.45) is 0.257. The van der Waals surface area contributed by atoms with Crippen LogP contribution in [0.3, 0.4) is 0 Å². The zero-order chi connectivity index (χ0) is 9.42. The SMILES string of the molecule is CC1CC(=O)N(F)c2ccccc21. The molecule has 0 radical (unpaired) electrons. The van der Waals surface area contributed by atoms with Gasteiger partial charge < -0.3 is 0 Å². The van der Waals surface area contributed by atoms with Crippen LogP contribution in [0.2, 0.25) is 0 Å². The van der Waals surface area contributed by atoms with Gasteiger partial charge in [-0.05, 0) is 17.5 Å². The molecule has 1 aromatic rings. The lowest BCUT2D eigenvalue weighted by Gasteiger charge is -2.25. The molecule has 3 heteroatoms. The summed E-state index contributed by atoms with van der Waals surface area (Å²) >= 11 is 0. The van der Waals surface area contributed by atoms with Crippen molar-refractivity contribution >= 4 is 11.6 Å². The Morgan fingerprint density at radius 2 is 2.15 bits per heavy atom. The van der Waals surface area contributed by atoms with Gasteiger partial charge in [0, 0.05) is 6.42 Å². The molecule has 1 aliphatic rings. The van der Waals surface area contributed by atoms with Crippen molar-refractivity contribution in [3.05, 3.63) is 29.8 Å². The minimum absolute atomic E-state index is 0.121. The van der Waals surface area contributed by atoms with E-state index in [1.807, 2.05) is 19.1 Å². The number of fused-ring (bicyclic) bond motifs is 1. The molecule has 1 aliphatic heterocycles. The number of nitrogens with zero attached hydrogens (tertiary/aromatic N) is 1. The minimum Gasteiger partial charge on any atom is -0.272 e. The van der Waals surface area contributed by atoms with Crippen LogP contribution in [-0.4, -0.2) is 5.91 Å². The fourth-order valence-corrected chi connectivity index (χ4v) is 1.67. The van der Waals surface area contributed by atoms with Crippen LogP contribution in [0.25, 0.3) is 0 Å². The molecule has 13 heavy (non-hydrogen) atoms. The number of rotatable bonds is 0. The first-order chi connectivity index (χ1) is 6.20. The molecule has 2 rings (SSSR count). The van der Waals surface area contributed by atoms with Crippen LogP contribution in [0.4, 0.5) is 10.2 Å². The lowest BCUT2D eigenvalue weighted by Crippen LogP contribution is -2.29. The van der Waals surface area contributed by atoms with Crippen LogP contribution in [0.5, 0.6) is 0 Å². The summed E-state index contributed by atoms with van der Waals surface area (Å²) in [7, 11) is 0. The van der Waals surface area contributed by atoms with Crippen molar-refractivity contribution in [2.75, 3.05) is 5.12 Å². The van der Waals surface area contributed by atoms with Gasteiger partial charge in [-0.3, -0.25) is 4.79 Å². The molecule has 0 saturated carbocycles. The fraction of sp³-hybridized carbons (Fsp3) is 0.300. The van der Waals surface area contributed by atoms with Crippen LogP contribution in [0, 0.1) is 0 Å². The number of hydrogen-bond donors (Lipinski definition) is 0. The number of carbonyl (C=O) groups is 1. The Kier molecular flexibility index (Phi) is 1.79. The number of anilines is 1. The van der Waals surface area contributed by atoms with Crippen LogP contribution in [-0.2, 0) is 4.79 Å². The van der Waals surface area contributed by atoms with E-state index in [0.29, 0.717) is 5.69 Å². The van der Waals surface area contributed by atoms with Gasteiger partial charge in [0.05, 0.1) is 5.69 Å². The third kappa shape index (κ3) is 1.20. The second-order valence-corrected chi connectivity index (χ2v) is 3.34. The maximum atomic E-state index is 13.2. The average Bonchev–Trinajstić information content (AvgIpc) is 2.15. The molecule has 1 unspecified atom stereocenters. The van der Waals surface area contributed by atoms with Crippen molar-refractivity contribution in [2.24, 2.45) is 0 Å². The van der Waals surface area contributed by atoms with Crippen LogP contribution >= 0.6 is 0 Å². The van der Waals surface area contributed by atoms with Crippen LogP contribution < -0.4 is 5.12 Å². The molecule has 2 nitrogen and oxygen atoms in total. The third-order valence-electron chi connectivity index (χ3n) is 2.38. The predicted molar refractivity (Wildman–Crippen MR) is 48.1 cm³/mol. The average molecular weight is 179 g/mol. The van der Waals surface area contributed by atoms with Gasteiger partial charge in [-0.1, -0.05) is 29.6 Å². The van der Waals surface area contributed by atoms with Crippen molar-refractivity contribution in [1.82, 2.24) is 0 Å². The molecule has 1 aromatic carbocycles. The Hall–Kier alpha value is -1.38. The molecule has 0 bridgehead atoms. The molecule has 68 valence electrons. The standard InChI is InChI=1S/C10H10FNO/c1-7-6-10(13)12(11)9-5-3-2-4-8(7)9/h2-5,7H,6H2,1H3. The lowest BCUT2D eigenvalue weighted by atomic mass is 9.92. The Morgan fingerprint density at radius 1 is 1.46 bits per heavy atom. The van der Waals surface area contributed by atoms with Crippen molar-refractivity contribution in [3.8, 4) is 0 Å². The molecule has 0 spiro atoms. The summed E-state index contributed by atoms with van der Waals surface area (Å²) in [4.78, 5) is 11.1. The number of hydrogen-bond acceptors (Lipinski definition) is 1. The smallest absolute Gasteiger partial charge is 0.255 e. The lowest BCUT2D eigenvalue weighted by molar-refractivity contribution is -0.122. The Balaban J connectivity index is 2.53. The van der Waals surface area contributed by atoms with Gasteiger partial charge in [0.1, 0.15) is 0 Å². The van der Waals surface area contributed by atoms with Crippen LogP contribution in [0.1, 0.15) is 24.8 Å². The highest BCUT2D eigenvalue weighted by molar-refractivity contribution is 5.94. The van der Waals surface area contributed by atoms with Crippen molar-refractivity contribution in [3.63, 3.8) is 0 Å². The summed E-state index contributed by atoms with van der Waals surface area (Å²) in [5.41, 5.74) is 1.30. The van der Waals surface area contributed by atoms with E-state index < -0.39 is 5.91 Å². The first-order valence-corrected chi connectivity index (χ1v) is 4.28. The highest BCUT2D eigenvalue weighted by atomic mass is 19.2. The maximum absolute atomic E-state index is 13.2. The first kappa shape index (κ1) is 8.23. The first-order valence-electron chi connectivity index (χ1n) is 4.28. The molecule has 1 amide bonds. The minimum atomic E-state index is -0.453. The molecule has 0 fully saturated rings. The Labute approximate surface area is 75.9 Å². The molecular formula is C10H10FNO. The Morgan fingerprint density at radius 3 is 2.92 bits per heavy atom. The van der Waals surface area contributed by atoms with Gasteiger partial charge in [-0.25, -0.2) is 0 Å². The molecule has 0 N–H and O–H groups in total. The quantitative estimate of drug-likeness (QED) is 0.560. The van der Waals surface area contributed by atoms with E-state index in [-0.39, 0.29) is 17.5 Å². The second kappa shape index (κ2) is 2.83. The summed E-state index contributed by atoms with van der Waals surface area (Å²) in [6, 6.07) is 7.08. The number of halogens is 1. The van der Waals surface area contributed by atoms with E-state index >= 15 is 0 Å². The van der Waals surface area contributed by atoms with Gasteiger partial charge in [0.2, 0.25) is 0 Å². The van der Waals surface area contributed by atoms with E-state index in [0.717, 1.165) is 5.56 Å². The van der Waals surface area contributed by atoms with Gasteiger partial charge in [0.15, 0.2) is 0 Å². The van der Waals surface area contributed by atoms with E-state index in [4.69, 9.17) is 0 Å².